The van der Waals surface area contributed by atoms with E-state index in [4.69, 9.17) is 13.9 Å². The first kappa shape index (κ1) is 16.7. The molecule has 1 aromatic heterocycles. The molecular formula is C16H21NO4S. The fraction of sp³-hybridized carbons (Fsp3) is 0.438. The minimum atomic E-state index is -0.625. The van der Waals surface area contributed by atoms with Crippen molar-refractivity contribution in [1.29, 1.82) is 0 Å². The second kappa shape index (κ2) is 7.07. The lowest BCUT2D eigenvalue weighted by Gasteiger charge is -2.27. The Hall–Kier alpha value is -1.66. The Morgan fingerprint density at radius 1 is 1.41 bits per heavy atom. The van der Waals surface area contributed by atoms with Gasteiger partial charge in [-0.15, -0.1) is 11.8 Å². The summed E-state index contributed by atoms with van der Waals surface area (Å²) in [4.78, 5) is 12.4. The normalized spacial score (nSPS) is 13.1. The number of ether oxygens (including phenoxy) is 2. The van der Waals surface area contributed by atoms with Gasteiger partial charge in [-0.05, 0) is 44.4 Å². The van der Waals surface area contributed by atoms with Gasteiger partial charge in [0.1, 0.15) is 11.3 Å². The van der Waals surface area contributed by atoms with Crippen molar-refractivity contribution in [2.24, 2.45) is 0 Å². The lowest BCUT2D eigenvalue weighted by atomic mass is 10.1. The van der Waals surface area contributed by atoms with Crippen molar-refractivity contribution in [3.05, 3.63) is 30.5 Å². The molecule has 1 atom stereocenters. The smallest absolute Gasteiger partial charge is 0.272 e. The first-order valence-electron chi connectivity index (χ1n) is 6.93. The predicted molar refractivity (Wildman–Crippen MR) is 88.2 cm³/mol. The number of amides is 1. The molecule has 2 aromatic rings. The number of carbonyl (C=O) groups is 1. The molecular weight excluding hydrogens is 302 g/mol. The molecule has 0 spiro atoms. The van der Waals surface area contributed by atoms with Crippen LogP contribution in [0.2, 0.25) is 0 Å². The molecule has 5 nitrogen and oxygen atoms in total. The lowest BCUT2D eigenvalue weighted by Crippen LogP contribution is -2.50. The number of hydrogen-bond acceptors (Lipinski definition) is 5. The summed E-state index contributed by atoms with van der Waals surface area (Å²) in [7, 11) is 1.61. The van der Waals surface area contributed by atoms with E-state index in [1.54, 1.807) is 19.4 Å². The van der Waals surface area contributed by atoms with Crippen molar-refractivity contribution in [1.82, 2.24) is 5.32 Å². The van der Waals surface area contributed by atoms with Gasteiger partial charge in [-0.1, -0.05) is 0 Å². The number of nitrogens with one attached hydrogen (secondary N) is 1. The first-order valence-corrected chi connectivity index (χ1v) is 8.21. The van der Waals surface area contributed by atoms with Crippen molar-refractivity contribution in [2.45, 2.75) is 24.8 Å². The van der Waals surface area contributed by atoms with Crippen molar-refractivity contribution in [3.8, 4) is 5.75 Å². The van der Waals surface area contributed by atoms with E-state index in [0.29, 0.717) is 12.4 Å². The fourth-order valence-electron chi connectivity index (χ4n) is 2.14. The third kappa shape index (κ3) is 4.18. The van der Waals surface area contributed by atoms with E-state index in [9.17, 15) is 4.79 Å². The maximum atomic E-state index is 12.4. The largest absolute Gasteiger partial charge is 0.470 e. The molecule has 0 saturated carbocycles. The van der Waals surface area contributed by atoms with Crippen LogP contribution in [0.1, 0.15) is 13.8 Å². The van der Waals surface area contributed by atoms with Gasteiger partial charge < -0.3 is 19.2 Å². The van der Waals surface area contributed by atoms with Gasteiger partial charge in [0, 0.05) is 12.5 Å². The third-order valence-corrected chi connectivity index (χ3v) is 3.80. The highest BCUT2D eigenvalue weighted by molar-refractivity contribution is 7.99. The Morgan fingerprint density at radius 2 is 2.18 bits per heavy atom. The average molecular weight is 323 g/mol. The molecule has 1 aromatic carbocycles. The Labute approximate surface area is 134 Å². The van der Waals surface area contributed by atoms with Gasteiger partial charge in [0.2, 0.25) is 5.44 Å². The van der Waals surface area contributed by atoms with E-state index < -0.39 is 11.0 Å². The summed E-state index contributed by atoms with van der Waals surface area (Å²) in [5.41, 5.74) is -0.281. The molecule has 0 aliphatic carbocycles. The van der Waals surface area contributed by atoms with Crippen LogP contribution in [0.5, 0.6) is 5.75 Å². The number of thioether (sulfide) groups is 1. The number of methoxy groups -OCH3 is 1. The van der Waals surface area contributed by atoms with Crippen LogP contribution in [0.15, 0.2) is 34.9 Å². The molecule has 120 valence electrons. The van der Waals surface area contributed by atoms with E-state index in [0.717, 1.165) is 11.0 Å². The summed E-state index contributed by atoms with van der Waals surface area (Å²) in [5, 5.41) is 3.87. The molecule has 0 saturated heterocycles. The van der Waals surface area contributed by atoms with Crippen LogP contribution in [-0.4, -0.2) is 36.9 Å². The molecule has 0 aliphatic heterocycles. The predicted octanol–water partition coefficient (Wildman–Crippen LogP) is 3.04. The van der Waals surface area contributed by atoms with Crippen LogP contribution in [0.4, 0.5) is 0 Å². The first-order chi connectivity index (χ1) is 10.4. The van der Waals surface area contributed by atoms with Crippen LogP contribution >= 0.6 is 11.8 Å². The summed E-state index contributed by atoms with van der Waals surface area (Å²) in [6, 6.07) is 7.34. The van der Waals surface area contributed by atoms with Crippen molar-refractivity contribution >= 4 is 28.6 Å². The standard InChI is InChI=1S/C16H21NO4S/c1-16(2,10-19-3)17-14(18)15(22-4)21-12-5-6-13-11(9-12)7-8-20-13/h5-9,15H,10H2,1-4H3,(H,17,18). The number of fused-ring (bicyclic) bond motifs is 1. The number of furan rings is 1. The third-order valence-electron chi connectivity index (χ3n) is 3.06. The second-order valence-electron chi connectivity index (χ2n) is 5.61. The van der Waals surface area contributed by atoms with Crippen LogP contribution < -0.4 is 10.1 Å². The summed E-state index contributed by atoms with van der Waals surface area (Å²) in [5.74, 6) is 0.454. The van der Waals surface area contributed by atoms with Crippen molar-refractivity contribution in [3.63, 3.8) is 0 Å². The second-order valence-corrected chi connectivity index (χ2v) is 6.51. The minimum Gasteiger partial charge on any atom is -0.470 e. The van der Waals surface area contributed by atoms with Gasteiger partial charge in [-0.2, -0.15) is 0 Å². The number of carbonyl (C=O) groups excluding carboxylic acids is 1. The number of hydrogen-bond donors (Lipinski definition) is 1. The SMILES string of the molecule is COCC(C)(C)NC(=O)C(Oc1ccc2occc2c1)SC. The fourth-order valence-corrected chi connectivity index (χ4v) is 2.62. The van der Waals surface area contributed by atoms with Crippen LogP contribution in [0.3, 0.4) is 0 Å². The quantitative estimate of drug-likeness (QED) is 0.794. The Morgan fingerprint density at radius 3 is 2.86 bits per heavy atom. The molecule has 22 heavy (non-hydrogen) atoms. The Bertz CT molecular complexity index is 638. The summed E-state index contributed by atoms with van der Waals surface area (Å²) in [6.07, 6.45) is 3.46. The molecule has 1 unspecified atom stereocenters. The van der Waals surface area contributed by atoms with Gasteiger partial charge in [0.25, 0.3) is 5.91 Å². The molecule has 0 bridgehead atoms. The molecule has 2 rings (SSSR count). The van der Waals surface area contributed by atoms with E-state index in [1.807, 2.05) is 38.3 Å². The van der Waals surface area contributed by atoms with E-state index >= 15 is 0 Å². The number of benzene rings is 1. The monoisotopic (exact) mass is 323 g/mol. The highest BCUT2D eigenvalue weighted by Gasteiger charge is 2.26. The summed E-state index contributed by atoms with van der Waals surface area (Å²) < 4.78 is 16.2. The molecule has 0 fully saturated rings. The molecule has 1 amide bonds. The van der Waals surface area contributed by atoms with Crippen LogP contribution in [0.25, 0.3) is 11.0 Å². The summed E-state index contributed by atoms with van der Waals surface area (Å²) in [6.45, 7) is 4.24. The Kier molecular flexibility index (Phi) is 5.37. The molecule has 6 heteroatoms. The van der Waals surface area contributed by atoms with E-state index in [2.05, 4.69) is 5.32 Å². The molecule has 1 heterocycles. The molecule has 0 radical (unpaired) electrons. The minimum absolute atomic E-state index is 0.179. The maximum Gasteiger partial charge on any atom is 0.272 e. The van der Waals surface area contributed by atoms with Crippen LogP contribution in [0, 0.1) is 0 Å². The molecule has 0 aliphatic rings. The highest BCUT2D eigenvalue weighted by atomic mass is 32.2. The topological polar surface area (TPSA) is 60.7 Å². The van der Waals surface area contributed by atoms with Crippen molar-refractivity contribution in [2.75, 3.05) is 20.0 Å². The average Bonchev–Trinajstić information content (AvgIpc) is 2.91. The summed E-state index contributed by atoms with van der Waals surface area (Å²) >= 11 is 1.34. The maximum absolute atomic E-state index is 12.4. The van der Waals surface area contributed by atoms with Gasteiger partial charge in [-0.25, -0.2) is 0 Å². The Balaban J connectivity index is 2.06. The van der Waals surface area contributed by atoms with Gasteiger partial charge in [0.05, 0.1) is 18.4 Å². The van der Waals surface area contributed by atoms with Crippen molar-refractivity contribution < 1.29 is 18.7 Å². The van der Waals surface area contributed by atoms with E-state index in [1.165, 1.54) is 11.8 Å². The zero-order valence-corrected chi connectivity index (χ0v) is 14.0. The van der Waals surface area contributed by atoms with Gasteiger partial charge in [0.15, 0.2) is 0 Å². The zero-order chi connectivity index (χ0) is 16.2. The van der Waals surface area contributed by atoms with Gasteiger partial charge in [-0.3, -0.25) is 4.79 Å². The highest BCUT2D eigenvalue weighted by Crippen LogP contribution is 2.24. The lowest BCUT2D eigenvalue weighted by molar-refractivity contribution is -0.126. The van der Waals surface area contributed by atoms with E-state index in [-0.39, 0.29) is 5.91 Å². The number of rotatable bonds is 7. The zero-order valence-electron chi connectivity index (χ0n) is 13.2. The molecule has 1 N–H and O–H groups in total. The van der Waals surface area contributed by atoms with Gasteiger partial charge >= 0.3 is 0 Å². The van der Waals surface area contributed by atoms with Crippen LogP contribution in [-0.2, 0) is 9.53 Å².